The predicted octanol–water partition coefficient (Wildman–Crippen LogP) is 5.05. The van der Waals surface area contributed by atoms with Crippen LogP contribution in [-0.4, -0.2) is 16.1 Å². The van der Waals surface area contributed by atoms with Gasteiger partial charge in [-0.05, 0) is 53.4 Å². The average molecular weight is 408 g/mol. The second-order valence-electron chi connectivity index (χ2n) is 6.84. The van der Waals surface area contributed by atoms with Gasteiger partial charge in [0.15, 0.2) is 0 Å². The summed E-state index contributed by atoms with van der Waals surface area (Å²) in [5.41, 5.74) is 3.63. The zero-order valence-corrected chi connectivity index (χ0v) is 16.6. The van der Waals surface area contributed by atoms with Crippen LogP contribution in [0.5, 0.6) is 0 Å². The Bertz CT molecular complexity index is 1220. The molecule has 4 rings (SSSR count). The summed E-state index contributed by atoms with van der Waals surface area (Å²) in [6, 6.07) is 19.7. The number of hydrogen-bond donors (Lipinski definition) is 1. The van der Waals surface area contributed by atoms with Crippen molar-refractivity contribution in [3.63, 3.8) is 0 Å². The lowest BCUT2D eigenvalue weighted by molar-refractivity contribution is 0.628. The maximum absolute atomic E-state index is 13.1. The molecule has 6 heteroatoms. The number of halogens is 2. The Morgan fingerprint density at radius 1 is 1.00 bits per heavy atom. The van der Waals surface area contributed by atoms with E-state index in [1.165, 1.54) is 16.7 Å². The highest BCUT2D eigenvalue weighted by molar-refractivity contribution is 6.31. The molecule has 0 atom stereocenters. The van der Waals surface area contributed by atoms with Gasteiger partial charge < -0.3 is 5.32 Å². The number of fused-ring (bicyclic) bond motifs is 1. The van der Waals surface area contributed by atoms with Crippen LogP contribution in [0.4, 0.5) is 10.3 Å². The summed E-state index contributed by atoms with van der Waals surface area (Å²) in [7, 11) is 1.70. The Morgan fingerprint density at radius 3 is 2.34 bits per heavy atom. The molecule has 0 saturated carbocycles. The Kier molecular flexibility index (Phi) is 5.32. The highest BCUT2D eigenvalue weighted by Crippen LogP contribution is 2.20. The van der Waals surface area contributed by atoms with Gasteiger partial charge in [0.2, 0.25) is 5.95 Å². The molecule has 1 heterocycles. The van der Waals surface area contributed by atoms with Gasteiger partial charge in [-0.1, -0.05) is 48.0 Å². The minimum Gasteiger partial charge on any atom is -0.355 e. The molecule has 4 nitrogen and oxygen atoms in total. The normalized spacial score (nSPS) is 11.0. The third kappa shape index (κ3) is 4.15. The summed E-state index contributed by atoms with van der Waals surface area (Å²) >= 11 is 6.02. The van der Waals surface area contributed by atoms with Crippen LogP contribution < -0.4 is 10.9 Å². The van der Waals surface area contributed by atoms with E-state index in [0.717, 1.165) is 23.1 Å². The molecule has 1 aromatic heterocycles. The Hall–Kier alpha value is -3.18. The zero-order chi connectivity index (χ0) is 20.4. The quantitative estimate of drug-likeness (QED) is 0.503. The average Bonchev–Trinajstić information content (AvgIpc) is 2.72. The molecule has 0 radical (unpaired) electrons. The van der Waals surface area contributed by atoms with Crippen molar-refractivity contribution in [2.45, 2.75) is 6.42 Å². The molecule has 0 bridgehead atoms. The first-order valence-electron chi connectivity index (χ1n) is 9.26. The molecular weight excluding hydrogens is 389 g/mol. The largest absolute Gasteiger partial charge is 0.355 e. The van der Waals surface area contributed by atoms with E-state index in [2.05, 4.69) is 10.3 Å². The fourth-order valence-corrected chi connectivity index (χ4v) is 3.39. The molecule has 1 N–H and O–H groups in total. The van der Waals surface area contributed by atoms with Crippen molar-refractivity contribution in [1.29, 1.82) is 0 Å². The summed E-state index contributed by atoms with van der Waals surface area (Å²) in [6.07, 6.45) is 0.771. The van der Waals surface area contributed by atoms with Gasteiger partial charge in [-0.25, -0.2) is 9.37 Å². The fraction of sp³-hybridized carbons (Fsp3) is 0.130. The van der Waals surface area contributed by atoms with Crippen LogP contribution >= 0.6 is 11.6 Å². The number of nitrogens with zero attached hydrogens (tertiary/aromatic N) is 2. The van der Waals surface area contributed by atoms with Crippen LogP contribution in [0.2, 0.25) is 5.02 Å². The second kappa shape index (κ2) is 8.05. The second-order valence-corrected chi connectivity index (χ2v) is 7.28. The first-order valence-corrected chi connectivity index (χ1v) is 9.64. The molecule has 0 aliphatic rings. The summed E-state index contributed by atoms with van der Waals surface area (Å²) in [5, 5.41) is 4.32. The molecule has 0 amide bonds. The molecule has 0 spiro atoms. The lowest BCUT2D eigenvalue weighted by atomic mass is 10.0. The molecule has 0 aliphatic heterocycles. The van der Waals surface area contributed by atoms with Gasteiger partial charge in [0, 0.05) is 18.6 Å². The molecule has 29 heavy (non-hydrogen) atoms. The van der Waals surface area contributed by atoms with E-state index < -0.39 is 0 Å². The molecular formula is C23H19ClFN3O. The van der Waals surface area contributed by atoms with Crippen LogP contribution in [0, 0.1) is 5.82 Å². The highest BCUT2D eigenvalue weighted by Gasteiger charge is 2.08. The van der Waals surface area contributed by atoms with Crippen LogP contribution in [0.15, 0.2) is 71.5 Å². The van der Waals surface area contributed by atoms with Gasteiger partial charge in [-0.3, -0.25) is 9.36 Å². The molecule has 0 aliphatic carbocycles. The van der Waals surface area contributed by atoms with Crippen LogP contribution in [0.3, 0.4) is 0 Å². The van der Waals surface area contributed by atoms with Crippen LogP contribution in [-0.2, 0) is 13.5 Å². The highest BCUT2D eigenvalue weighted by atomic mass is 35.5. The number of nitrogens with one attached hydrogen (secondary N) is 1. The first kappa shape index (κ1) is 19.2. The molecule has 146 valence electrons. The van der Waals surface area contributed by atoms with E-state index in [1.807, 2.05) is 24.3 Å². The van der Waals surface area contributed by atoms with Gasteiger partial charge in [0.1, 0.15) is 5.82 Å². The minimum absolute atomic E-state index is 0.113. The summed E-state index contributed by atoms with van der Waals surface area (Å²) in [5.74, 6) is 0.267. The maximum Gasteiger partial charge on any atom is 0.262 e. The van der Waals surface area contributed by atoms with Gasteiger partial charge >= 0.3 is 0 Å². The van der Waals surface area contributed by atoms with Crippen molar-refractivity contribution >= 4 is 28.5 Å². The van der Waals surface area contributed by atoms with Gasteiger partial charge in [0.25, 0.3) is 5.56 Å². The molecule has 0 saturated heterocycles. The standard InChI is InChI=1S/C23H19ClFN3O/c1-28-22(29)20-11-8-18(24)14-21(20)27-23(28)26-13-12-15-2-4-16(5-3-15)17-6-9-19(25)10-7-17/h2-11,14H,12-13H2,1H3,(H,26,27). The predicted molar refractivity (Wildman–Crippen MR) is 116 cm³/mol. The van der Waals surface area contributed by atoms with E-state index >= 15 is 0 Å². The van der Waals surface area contributed by atoms with Gasteiger partial charge in [-0.15, -0.1) is 0 Å². The Balaban J connectivity index is 1.45. The van der Waals surface area contributed by atoms with Crippen LogP contribution in [0.1, 0.15) is 5.56 Å². The van der Waals surface area contributed by atoms with E-state index in [9.17, 15) is 9.18 Å². The molecule has 0 unspecified atom stereocenters. The van der Waals surface area contributed by atoms with Crippen molar-refractivity contribution in [2.75, 3.05) is 11.9 Å². The molecule has 0 fully saturated rings. The first-order chi connectivity index (χ1) is 14.0. The summed E-state index contributed by atoms with van der Waals surface area (Å²) in [6.45, 7) is 0.627. The third-order valence-electron chi connectivity index (χ3n) is 4.87. The van der Waals surface area contributed by atoms with E-state index in [1.54, 1.807) is 37.4 Å². The van der Waals surface area contributed by atoms with E-state index in [4.69, 9.17) is 11.6 Å². The fourth-order valence-electron chi connectivity index (χ4n) is 3.23. The van der Waals surface area contributed by atoms with E-state index in [-0.39, 0.29) is 11.4 Å². The van der Waals surface area contributed by atoms with Crippen molar-refractivity contribution in [3.05, 3.63) is 93.5 Å². The van der Waals surface area contributed by atoms with Gasteiger partial charge in [-0.2, -0.15) is 0 Å². The summed E-state index contributed by atoms with van der Waals surface area (Å²) < 4.78 is 14.6. The lowest BCUT2D eigenvalue weighted by Crippen LogP contribution is -2.23. The topological polar surface area (TPSA) is 46.9 Å². The number of aromatic nitrogens is 2. The number of anilines is 1. The third-order valence-corrected chi connectivity index (χ3v) is 5.10. The molecule has 4 aromatic rings. The van der Waals surface area contributed by atoms with Gasteiger partial charge in [0.05, 0.1) is 10.9 Å². The number of rotatable bonds is 5. The summed E-state index contributed by atoms with van der Waals surface area (Å²) in [4.78, 5) is 17.0. The SMILES string of the molecule is Cn1c(NCCc2ccc(-c3ccc(F)cc3)cc2)nc2cc(Cl)ccc2c1=O. The molecule has 3 aromatic carbocycles. The maximum atomic E-state index is 13.1. The smallest absolute Gasteiger partial charge is 0.262 e. The minimum atomic E-state index is -0.240. The monoisotopic (exact) mass is 407 g/mol. The van der Waals surface area contributed by atoms with Crippen molar-refractivity contribution < 1.29 is 4.39 Å². The Morgan fingerprint density at radius 2 is 1.66 bits per heavy atom. The number of benzene rings is 3. The van der Waals surface area contributed by atoms with Crippen LogP contribution in [0.25, 0.3) is 22.0 Å². The lowest BCUT2D eigenvalue weighted by Gasteiger charge is -2.11. The zero-order valence-electron chi connectivity index (χ0n) is 15.8. The van der Waals surface area contributed by atoms with Crippen molar-refractivity contribution in [2.24, 2.45) is 7.05 Å². The number of hydrogen-bond acceptors (Lipinski definition) is 3. The van der Waals surface area contributed by atoms with E-state index in [0.29, 0.717) is 28.4 Å². The van der Waals surface area contributed by atoms with Crippen molar-refractivity contribution in [3.8, 4) is 11.1 Å². The Labute approximate surface area is 172 Å². The van der Waals surface area contributed by atoms with Crippen molar-refractivity contribution in [1.82, 2.24) is 9.55 Å².